The summed E-state index contributed by atoms with van der Waals surface area (Å²) in [4.78, 5) is 20.2. The highest BCUT2D eigenvalue weighted by molar-refractivity contribution is 5.92. The second kappa shape index (κ2) is 5.68. The average molecular weight is 261 g/mol. The van der Waals surface area contributed by atoms with Crippen molar-refractivity contribution in [1.29, 1.82) is 0 Å². The molecule has 0 spiro atoms. The molecule has 1 aromatic heterocycles. The summed E-state index contributed by atoms with van der Waals surface area (Å²) in [6.45, 7) is 6.76. The molecule has 1 heterocycles. The number of hydrogen-bond donors (Lipinski definition) is 1. The highest BCUT2D eigenvalue weighted by Gasteiger charge is 2.35. The minimum Gasteiger partial charge on any atom is -0.348 e. The molecule has 0 bridgehead atoms. The minimum atomic E-state index is -0.103. The van der Waals surface area contributed by atoms with Crippen molar-refractivity contribution in [3.05, 3.63) is 24.3 Å². The zero-order valence-electron chi connectivity index (χ0n) is 12.0. The molecule has 0 aromatic carbocycles. The van der Waals surface area contributed by atoms with Crippen molar-refractivity contribution in [2.75, 3.05) is 0 Å². The summed E-state index contributed by atoms with van der Waals surface area (Å²) in [5.74, 6) is 0.427. The summed E-state index contributed by atoms with van der Waals surface area (Å²) in [5, 5.41) is 3.15. The van der Waals surface area contributed by atoms with Crippen LogP contribution in [0.25, 0.3) is 0 Å². The van der Waals surface area contributed by atoms with Crippen LogP contribution in [0.1, 0.15) is 56.9 Å². The molecule has 1 amide bonds. The van der Waals surface area contributed by atoms with Crippen molar-refractivity contribution >= 4 is 5.91 Å². The Morgan fingerprint density at radius 3 is 2.63 bits per heavy atom. The Hall–Kier alpha value is -1.45. The van der Waals surface area contributed by atoms with Gasteiger partial charge in [0.25, 0.3) is 5.91 Å². The third-order valence-electron chi connectivity index (χ3n) is 3.99. The predicted molar refractivity (Wildman–Crippen MR) is 74.7 cm³/mol. The van der Waals surface area contributed by atoms with Gasteiger partial charge in [0, 0.05) is 18.4 Å². The molecule has 4 heteroatoms. The molecular formula is C15H23N3O. The Morgan fingerprint density at radius 1 is 1.26 bits per heavy atom. The second-order valence-corrected chi connectivity index (χ2v) is 6.43. The molecule has 1 aliphatic rings. The van der Waals surface area contributed by atoms with Crippen LogP contribution >= 0.6 is 0 Å². The Bertz CT molecular complexity index is 425. The van der Waals surface area contributed by atoms with E-state index in [0.29, 0.717) is 11.6 Å². The van der Waals surface area contributed by atoms with Crippen LogP contribution in [-0.2, 0) is 0 Å². The van der Waals surface area contributed by atoms with Crippen molar-refractivity contribution in [2.24, 2.45) is 11.3 Å². The normalized spacial score (nSPS) is 23.9. The van der Waals surface area contributed by atoms with Gasteiger partial charge in [-0.15, -0.1) is 0 Å². The van der Waals surface area contributed by atoms with E-state index in [0.717, 1.165) is 6.42 Å². The van der Waals surface area contributed by atoms with Crippen molar-refractivity contribution in [1.82, 2.24) is 15.3 Å². The average Bonchev–Trinajstić information content (AvgIpc) is 2.39. The molecule has 1 saturated carbocycles. The van der Waals surface area contributed by atoms with E-state index in [1.807, 2.05) is 0 Å². The fourth-order valence-electron chi connectivity index (χ4n) is 3.00. The van der Waals surface area contributed by atoms with E-state index in [1.165, 1.54) is 25.5 Å². The molecule has 1 aliphatic carbocycles. The largest absolute Gasteiger partial charge is 0.348 e. The first-order valence-electron chi connectivity index (χ1n) is 7.05. The van der Waals surface area contributed by atoms with Crippen LogP contribution in [0.3, 0.4) is 0 Å². The van der Waals surface area contributed by atoms with Gasteiger partial charge in [0.2, 0.25) is 0 Å². The van der Waals surface area contributed by atoms with Crippen LogP contribution in [0.15, 0.2) is 18.6 Å². The number of rotatable bonds is 2. The number of carbonyl (C=O) groups excluding carboxylic acids is 1. The lowest BCUT2D eigenvalue weighted by molar-refractivity contribution is 0.0825. The number of nitrogens with one attached hydrogen (secondary N) is 1. The maximum Gasteiger partial charge on any atom is 0.271 e. The number of carbonyl (C=O) groups is 1. The van der Waals surface area contributed by atoms with Gasteiger partial charge in [0.05, 0.1) is 6.20 Å². The summed E-state index contributed by atoms with van der Waals surface area (Å²) in [7, 11) is 0. The van der Waals surface area contributed by atoms with Gasteiger partial charge in [0.15, 0.2) is 0 Å². The summed E-state index contributed by atoms with van der Waals surface area (Å²) in [6.07, 6.45) is 9.36. The molecule has 1 fully saturated rings. The smallest absolute Gasteiger partial charge is 0.271 e. The lowest BCUT2D eigenvalue weighted by atomic mass is 9.69. The van der Waals surface area contributed by atoms with Crippen LogP contribution in [0.4, 0.5) is 0 Å². The molecule has 4 nitrogen and oxygen atoms in total. The van der Waals surface area contributed by atoms with Crippen molar-refractivity contribution in [3.8, 4) is 0 Å². The van der Waals surface area contributed by atoms with Gasteiger partial charge in [-0.25, -0.2) is 4.98 Å². The Kier molecular flexibility index (Phi) is 4.17. The quantitative estimate of drug-likeness (QED) is 0.890. The summed E-state index contributed by atoms with van der Waals surface area (Å²) < 4.78 is 0. The van der Waals surface area contributed by atoms with Crippen LogP contribution in [0, 0.1) is 11.3 Å². The van der Waals surface area contributed by atoms with Crippen molar-refractivity contribution in [2.45, 2.75) is 52.5 Å². The maximum absolute atomic E-state index is 12.2. The van der Waals surface area contributed by atoms with Crippen molar-refractivity contribution in [3.63, 3.8) is 0 Å². The van der Waals surface area contributed by atoms with Crippen LogP contribution in [0.2, 0.25) is 0 Å². The standard InChI is InChI=1S/C15H23N3O/c1-15(2,3)11-6-4-5-7-12(11)18-14(19)13-10-16-8-9-17-13/h8-12H,4-7H2,1-3H3,(H,18,19)/t11-,12-/m0/s1. The molecular weight excluding hydrogens is 238 g/mol. The number of aromatic nitrogens is 2. The van der Waals surface area contributed by atoms with E-state index in [4.69, 9.17) is 0 Å². The van der Waals surface area contributed by atoms with E-state index < -0.39 is 0 Å². The highest BCUT2D eigenvalue weighted by atomic mass is 16.1. The number of nitrogens with zero attached hydrogens (tertiary/aromatic N) is 2. The Morgan fingerprint density at radius 2 is 2.00 bits per heavy atom. The van der Waals surface area contributed by atoms with E-state index in [1.54, 1.807) is 12.4 Å². The lowest BCUT2D eigenvalue weighted by Gasteiger charge is -2.40. The van der Waals surface area contributed by atoms with E-state index in [2.05, 4.69) is 36.1 Å². The minimum absolute atomic E-state index is 0.103. The van der Waals surface area contributed by atoms with Crippen molar-refractivity contribution < 1.29 is 4.79 Å². The molecule has 19 heavy (non-hydrogen) atoms. The lowest BCUT2D eigenvalue weighted by Crippen LogP contribution is -2.46. The first kappa shape index (κ1) is 14.0. The molecule has 0 unspecified atom stereocenters. The monoisotopic (exact) mass is 261 g/mol. The third kappa shape index (κ3) is 3.52. The fraction of sp³-hybridized carbons (Fsp3) is 0.667. The molecule has 0 saturated heterocycles. The zero-order valence-corrected chi connectivity index (χ0v) is 12.0. The number of hydrogen-bond acceptors (Lipinski definition) is 3. The molecule has 2 rings (SSSR count). The SMILES string of the molecule is CC(C)(C)[C@H]1CCCC[C@@H]1NC(=O)c1cnccn1. The zero-order chi connectivity index (χ0) is 13.9. The molecule has 104 valence electrons. The van der Waals surface area contributed by atoms with E-state index >= 15 is 0 Å². The fourth-order valence-corrected chi connectivity index (χ4v) is 3.00. The predicted octanol–water partition coefficient (Wildman–Crippen LogP) is 2.81. The summed E-state index contributed by atoms with van der Waals surface area (Å²) >= 11 is 0. The summed E-state index contributed by atoms with van der Waals surface area (Å²) in [6, 6.07) is 0.253. The van der Waals surface area contributed by atoms with Crippen LogP contribution < -0.4 is 5.32 Å². The molecule has 0 aliphatic heterocycles. The molecule has 0 radical (unpaired) electrons. The number of amides is 1. The third-order valence-corrected chi connectivity index (χ3v) is 3.99. The Balaban J connectivity index is 2.06. The van der Waals surface area contributed by atoms with Gasteiger partial charge in [0.1, 0.15) is 5.69 Å². The summed E-state index contributed by atoms with van der Waals surface area (Å²) in [5.41, 5.74) is 0.626. The molecule has 2 atom stereocenters. The van der Waals surface area contributed by atoms with E-state index in [9.17, 15) is 4.79 Å². The van der Waals surface area contributed by atoms with Crippen LogP contribution in [-0.4, -0.2) is 21.9 Å². The van der Waals surface area contributed by atoms with Gasteiger partial charge >= 0.3 is 0 Å². The van der Waals surface area contributed by atoms with Gasteiger partial charge in [-0.3, -0.25) is 9.78 Å². The van der Waals surface area contributed by atoms with E-state index in [-0.39, 0.29) is 17.4 Å². The first-order valence-corrected chi connectivity index (χ1v) is 7.05. The highest BCUT2D eigenvalue weighted by Crippen LogP contribution is 2.38. The maximum atomic E-state index is 12.2. The van der Waals surface area contributed by atoms with Crippen LogP contribution in [0.5, 0.6) is 0 Å². The molecule has 1 N–H and O–H groups in total. The Labute approximate surface area is 115 Å². The topological polar surface area (TPSA) is 54.9 Å². The van der Waals surface area contributed by atoms with Gasteiger partial charge in [-0.05, 0) is 24.2 Å². The van der Waals surface area contributed by atoms with Gasteiger partial charge < -0.3 is 5.32 Å². The molecule has 1 aromatic rings. The van der Waals surface area contributed by atoms with Gasteiger partial charge in [-0.2, -0.15) is 0 Å². The van der Waals surface area contributed by atoms with Gasteiger partial charge in [-0.1, -0.05) is 33.6 Å². The first-order chi connectivity index (χ1) is 8.98. The second-order valence-electron chi connectivity index (χ2n) is 6.43.